The minimum atomic E-state index is -0.587. The number of carbonyl (C=O) groups excluding carboxylic acids is 2. The predicted molar refractivity (Wildman–Crippen MR) is 95.9 cm³/mol. The van der Waals surface area contributed by atoms with E-state index in [-0.39, 0.29) is 5.91 Å². The molecule has 1 saturated carbocycles. The van der Waals surface area contributed by atoms with E-state index in [9.17, 15) is 9.59 Å². The van der Waals surface area contributed by atoms with Crippen LogP contribution in [0, 0.1) is 0 Å². The van der Waals surface area contributed by atoms with E-state index in [1.165, 1.54) is 49.8 Å². The van der Waals surface area contributed by atoms with Gasteiger partial charge in [0.25, 0.3) is 11.8 Å². The van der Waals surface area contributed by atoms with E-state index in [0.717, 1.165) is 0 Å². The van der Waals surface area contributed by atoms with Crippen LogP contribution in [0.25, 0.3) is 0 Å². The molecular weight excluding hydrogens is 316 g/mol. The van der Waals surface area contributed by atoms with Crippen molar-refractivity contribution in [2.75, 3.05) is 5.32 Å². The lowest BCUT2D eigenvalue weighted by atomic mass is 9.84. The van der Waals surface area contributed by atoms with E-state index in [0.29, 0.717) is 22.7 Å². The number of benzene rings is 2. The summed E-state index contributed by atoms with van der Waals surface area (Å²) in [6, 6.07) is 14.2. The highest BCUT2D eigenvalue weighted by Gasteiger charge is 2.16. The van der Waals surface area contributed by atoms with Gasteiger partial charge in [-0.2, -0.15) is 0 Å². The number of amides is 2. The monoisotopic (exact) mass is 338 g/mol. The number of hydrogen-bond donors (Lipinski definition) is 3. The first-order valence-corrected chi connectivity index (χ1v) is 8.63. The van der Waals surface area contributed by atoms with Crippen molar-refractivity contribution >= 4 is 17.5 Å². The SMILES string of the molecule is O=C(NO)c1ccc(NC(=O)c2ccc(C3CCCCC3)cc2)cc1. The molecule has 2 amide bonds. The summed E-state index contributed by atoms with van der Waals surface area (Å²) in [7, 11) is 0. The molecule has 0 aliphatic heterocycles. The fraction of sp³-hybridized carbons (Fsp3) is 0.300. The van der Waals surface area contributed by atoms with E-state index in [1.54, 1.807) is 17.6 Å². The smallest absolute Gasteiger partial charge is 0.274 e. The van der Waals surface area contributed by atoms with Gasteiger partial charge in [0.05, 0.1) is 0 Å². The normalized spacial score (nSPS) is 14.8. The maximum atomic E-state index is 12.3. The second-order valence-corrected chi connectivity index (χ2v) is 6.43. The molecule has 0 heterocycles. The van der Waals surface area contributed by atoms with Crippen LogP contribution in [-0.2, 0) is 0 Å². The molecule has 2 aromatic carbocycles. The van der Waals surface area contributed by atoms with Crippen molar-refractivity contribution < 1.29 is 14.8 Å². The lowest BCUT2D eigenvalue weighted by Gasteiger charge is -2.22. The van der Waals surface area contributed by atoms with Crippen LogP contribution in [-0.4, -0.2) is 17.0 Å². The van der Waals surface area contributed by atoms with E-state index in [1.807, 2.05) is 12.1 Å². The molecule has 0 saturated heterocycles. The molecule has 3 N–H and O–H groups in total. The maximum Gasteiger partial charge on any atom is 0.274 e. The molecule has 0 aromatic heterocycles. The van der Waals surface area contributed by atoms with Gasteiger partial charge in [0.2, 0.25) is 0 Å². The second kappa shape index (κ2) is 7.94. The van der Waals surface area contributed by atoms with Crippen molar-refractivity contribution in [3.63, 3.8) is 0 Å². The summed E-state index contributed by atoms with van der Waals surface area (Å²) >= 11 is 0. The maximum absolute atomic E-state index is 12.3. The van der Waals surface area contributed by atoms with Gasteiger partial charge >= 0.3 is 0 Å². The van der Waals surface area contributed by atoms with Gasteiger partial charge in [0.15, 0.2) is 0 Å². The van der Waals surface area contributed by atoms with Gasteiger partial charge in [0.1, 0.15) is 0 Å². The summed E-state index contributed by atoms with van der Waals surface area (Å²) in [5.74, 6) is -0.151. The number of anilines is 1. The minimum absolute atomic E-state index is 0.186. The van der Waals surface area contributed by atoms with Crippen LogP contribution in [0.4, 0.5) is 5.69 Å². The summed E-state index contributed by atoms with van der Waals surface area (Å²) in [5, 5.41) is 11.4. The average Bonchev–Trinajstić information content (AvgIpc) is 2.68. The first-order chi connectivity index (χ1) is 12.2. The summed E-state index contributed by atoms with van der Waals surface area (Å²) in [5.41, 5.74) is 4.41. The highest BCUT2D eigenvalue weighted by atomic mass is 16.5. The molecule has 5 heteroatoms. The number of nitrogens with one attached hydrogen (secondary N) is 2. The van der Waals surface area contributed by atoms with Crippen LogP contribution in [0.1, 0.15) is 64.3 Å². The molecule has 0 unspecified atom stereocenters. The largest absolute Gasteiger partial charge is 0.322 e. The van der Waals surface area contributed by atoms with Gasteiger partial charge in [0, 0.05) is 16.8 Å². The highest BCUT2D eigenvalue weighted by Crippen LogP contribution is 2.32. The number of rotatable bonds is 4. The number of carbonyl (C=O) groups is 2. The molecule has 1 aliphatic rings. The average molecular weight is 338 g/mol. The third-order valence-corrected chi connectivity index (χ3v) is 4.76. The van der Waals surface area contributed by atoms with Crippen molar-refractivity contribution in [2.45, 2.75) is 38.0 Å². The van der Waals surface area contributed by atoms with E-state index >= 15 is 0 Å². The zero-order chi connectivity index (χ0) is 17.6. The molecule has 2 aromatic rings. The zero-order valence-electron chi connectivity index (χ0n) is 14.0. The van der Waals surface area contributed by atoms with Crippen molar-refractivity contribution in [1.29, 1.82) is 0 Å². The molecule has 0 radical (unpaired) electrons. The Hall–Kier alpha value is -2.66. The van der Waals surface area contributed by atoms with Crippen molar-refractivity contribution in [1.82, 2.24) is 5.48 Å². The summed E-state index contributed by atoms with van der Waals surface area (Å²) < 4.78 is 0. The van der Waals surface area contributed by atoms with Crippen molar-refractivity contribution in [3.8, 4) is 0 Å². The van der Waals surface area contributed by atoms with Gasteiger partial charge in [-0.3, -0.25) is 14.8 Å². The number of hydrogen-bond acceptors (Lipinski definition) is 3. The van der Waals surface area contributed by atoms with Crippen LogP contribution in [0.3, 0.4) is 0 Å². The first kappa shape index (κ1) is 17.2. The van der Waals surface area contributed by atoms with Gasteiger partial charge in [-0.25, -0.2) is 5.48 Å². The Bertz CT molecular complexity index is 733. The molecular formula is C20H22N2O3. The molecule has 5 nitrogen and oxygen atoms in total. The fourth-order valence-corrected chi connectivity index (χ4v) is 3.32. The lowest BCUT2D eigenvalue weighted by molar-refractivity contribution is 0.0706. The molecule has 1 aliphatic carbocycles. The van der Waals surface area contributed by atoms with Gasteiger partial charge in [-0.1, -0.05) is 31.4 Å². The van der Waals surface area contributed by atoms with Crippen LogP contribution < -0.4 is 10.8 Å². The van der Waals surface area contributed by atoms with Crippen LogP contribution in [0.15, 0.2) is 48.5 Å². The molecule has 0 spiro atoms. The quantitative estimate of drug-likeness (QED) is 0.580. The number of hydroxylamine groups is 1. The molecule has 0 atom stereocenters. The van der Waals surface area contributed by atoms with Crippen LogP contribution in [0.2, 0.25) is 0 Å². The predicted octanol–water partition coefficient (Wildman–Crippen LogP) is 4.11. The Kier molecular flexibility index (Phi) is 5.46. The van der Waals surface area contributed by atoms with Crippen LogP contribution in [0.5, 0.6) is 0 Å². The molecule has 1 fully saturated rings. The van der Waals surface area contributed by atoms with E-state index < -0.39 is 5.91 Å². The first-order valence-electron chi connectivity index (χ1n) is 8.63. The molecule has 25 heavy (non-hydrogen) atoms. The van der Waals surface area contributed by atoms with Gasteiger partial charge in [-0.05, 0) is 60.7 Å². The van der Waals surface area contributed by atoms with Crippen molar-refractivity contribution in [3.05, 3.63) is 65.2 Å². The summed E-state index contributed by atoms with van der Waals surface area (Å²) in [6.45, 7) is 0. The van der Waals surface area contributed by atoms with Gasteiger partial charge in [-0.15, -0.1) is 0 Å². The Morgan fingerprint density at radius 3 is 1.96 bits per heavy atom. The lowest BCUT2D eigenvalue weighted by Crippen LogP contribution is -2.18. The standard InChI is InChI=1S/C20H22N2O3/c23-19(21-18-12-10-17(11-13-18)20(24)22-25)16-8-6-15(7-9-16)14-4-2-1-3-5-14/h6-14,25H,1-5H2,(H,21,23)(H,22,24). The minimum Gasteiger partial charge on any atom is -0.322 e. The fourth-order valence-electron chi connectivity index (χ4n) is 3.32. The zero-order valence-corrected chi connectivity index (χ0v) is 14.0. The summed E-state index contributed by atoms with van der Waals surface area (Å²) in [4.78, 5) is 23.6. The third-order valence-electron chi connectivity index (χ3n) is 4.76. The topological polar surface area (TPSA) is 78.4 Å². The highest BCUT2D eigenvalue weighted by molar-refractivity contribution is 6.04. The van der Waals surface area contributed by atoms with Crippen molar-refractivity contribution in [2.24, 2.45) is 0 Å². The van der Waals surface area contributed by atoms with Gasteiger partial charge < -0.3 is 5.32 Å². The Balaban J connectivity index is 1.63. The summed E-state index contributed by atoms with van der Waals surface area (Å²) in [6.07, 6.45) is 6.38. The molecule has 0 bridgehead atoms. The molecule has 3 rings (SSSR count). The second-order valence-electron chi connectivity index (χ2n) is 6.43. The van der Waals surface area contributed by atoms with E-state index in [4.69, 9.17) is 5.21 Å². The van der Waals surface area contributed by atoms with Crippen LogP contribution >= 0.6 is 0 Å². The molecule has 130 valence electrons. The Morgan fingerprint density at radius 1 is 0.800 bits per heavy atom. The third kappa shape index (κ3) is 4.25. The Labute approximate surface area is 147 Å². The van der Waals surface area contributed by atoms with E-state index in [2.05, 4.69) is 17.4 Å². The Morgan fingerprint density at radius 2 is 1.36 bits per heavy atom.